The third-order valence-corrected chi connectivity index (χ3v) is 2.76. The van der Waals surface area contributed by atoms with E-state index in [4.69, 9.17) is 4.74 Å². The minimum Gasteiger partial charge on any atom is -0.493 e. The first kappa shape index (κ1) is 10.0. The van der Waals surface area contributed by atoms with Crippen LogP contribution in [0.25, 0.3) is 0 Å². The molecule has 80 valence electrons. The van der Waals surface area contributed by atoms with Gasteiger partial charge in [-0.25, -0.2) is 0 Å². The summed E-state index contributed by atoms with van der Waals surface area (Å²) in [4.78, 5) is 13.6. The number of amides is 1. The lowest BCUT2D eigenvalue weighted by Crippen LogP contribution is -2.26. The molecule has 0 saturated heterocycles. The summed E-state index contributed by atoms with van der Waals surface area (Å²) < 4.78 is 5.40. The van der Waals surface area contributed by atoms with Gasteiger partial charge in [0.15, 0.2) is 0 Å². The molecule has 1 aliphatic rings. The van der Waals surface area contributed by atoms with Crippen molar-refractivity contribution in [3.8, 4) is 5.75 Å². The van der Waals surface area contributed by atoms with Gasteiger partial charge in [-0.05, 0) is 30.7 Å². The molecule has 1 amide bonds. The van der Waals surface area contributed by atoms with Crippen LogP contribution in [-0.2, 0) is 6.42 Å². The molecule has 0 N–H and O–H groups in total. The molecule has 0 radical (unpaired) electrons. The van der Waals surface area contributed by atoms with Gasteiger partial charge in [-0.2, -0.15) is 0 Å². The van der Waals surface area contributed by atoms with Gasteiger partial charge in [-0.15, -0.1) is 0 Å². The van der Waals surface area contributed by atoms with Crippen LogP contribution in [0, 0.1) is 0 Å². The largest absolute Gasteiger partial charge is 0.493 e. The van der Waals surface area contributed by atoms with Crippen LogP contribution in [0.15, 0.2) is 18.2 Å². The highest BCUT2D eigenvalue weighted by atomic mass is 16.5. The van der Waals surface area contributed by atoms with E-state index >= 15 is 0 Å². The molecule has 3 nitrogen and oxygen atoms in total. The first-order valence-electron chi connectivity index (χ1n) is 5.23. The fourth-order valence-electron chi connectivity index (χ4n) is 1.68. The summed E-state index contributed by atoms with van der Waals surface area (Å²) in [5, 5.41) is 0. The van der Waals surface area contributed by atoms with Crippen LogP contribution in [0.3, 0.4) is 0 Å². The standard InChI is InChI=1S/C12H15NO2/c1-3-13(2)12(14)10-4-5-11-9(8-10)6-7-15-11/h4-5,8H,3,6-7H2,1-2H3. The zero-order chi connectivity index (χ0) is 10.8. The van der Waals surface area contributed by atoms with Crippen molar-refractivity contribution in [2.75, 3.05) is 20.2 Å². The first-order valence-corrected chi connectivity index (χ1v) is 5.23. The second-order valence-electron chi connectivity index (χ2n) is 3.74. The SMILES string of the molecule is CCN(C)C(=O)c1ccc2c(c1)CCO2. The summed E-state index contributed by atoms with van der Waals surface area (Å²) in [6.07, 6.45) is 0.909. The highest BCUT2D eigenvalue weighted by Crippen LogP contribution is 2.26. The first-order chi connectivity index (χ1) is 7.22. The molecule has 0 spiro atoms. The van der Waals surface area contributed by atoms with Crippen molar-refractivity contribution < 1.29 is 9.53 Å². The predicted octanol–water partition coefficient (Wildman–Crippen LogP) is 1.71. The van der Waals surface area contributed by atoms with Crippen LogP contribution in [0.5, 0.6) is 5.75 Å². The lowest BCUT2D eigenvalue weighted by atomic mass is 10.1. The third-order valence-electron chi connectivity index (χ3n) is 2.76. The van der Waals surface area contributed by atoms with Crippen molar-refractivity contribution in [3.05, 3.63) is 29.3 Å². The van der Waals surface area contributed by atoms with Gasteiger partial charge in [0.25, 0.3) is 5.91 Å². The Morgan fingerprint density at radius 2 is 2.33 bits per heavy atom. The van der Waals surface area contributed by atoms with E-state index < -0.39 is 0 Å². The van der Waals surface area contributed by atoms with Crippen LogP contribution in [0.4, 0.5) is 0 Å². The van der Waals surface area contributed by atoms with Crippen LogP contribution < -0.4 is 4.74 Å². The lowest BCUT2D eigenvalue weighted by Gasteiger charge is -2.14. The number of hydrogen-bond acceptors (Lipinski definition) is 2. The van der Waals surface area contributed by atoms with Crippen molar-refractivity contribution in [2.24, 2.45) is 0 Å². The number of carbonyl (C=O) groups is 1. The van der Waals surface area contributed by atoms with Gasteiger partial charge in [0.1, 0.15) is 5.75 Å². The maximum absolute atomic E-state index is 11.9. The number of hydrogen-bond donors (Lipinski definition) is 0. The van der Waals surface area contributed by atoms with E-state index in [1.165, 1.54) is 0 Å². The van der Waals surface area contributed by atoms with E-state index in [0.29, 0.717) is 0 Å². The normalized spacial score (nSPS) is 13.2. The summed E-state index contributed by atoms with van der Waals surface area (Å²) in [6.45, 7) is 3.43. The predicted molar refractivity (Wildman–Crippen MR) is 58.3 cm³/mol. The van der Waals surface area contributed by atoms with Crippen LogP contribution in [0.2, 0.25) is 0 Å². The monoisotopic (exact) mass is 205 g/mol. The summed E-state index contributed by atoms with van der Waals surface area (Å²) in [7, 11) is 1.81. The van der Waals surface area contributed by atoms with Gasteiger partial charge in [-0.3, -0.25) is 4.79 Å². The quantitative estimate of drug-likeness (QED) is 0.735. The maximum atomic E-state index is 11.9. The van der Waals surface area contributed by atoms with Gasteiger partial charge >= 0.3 is 0 Å². The molecule has 0 aromatic heterocycles. The lowest BCUT2D eigenvalue weighted by molar-refractivity contribution is 0.0802. The van der Waals surface area contributed by atoms with E-state index in [1.54, 1.807) is 4.90 Å². The Hall–Kier alpha value is -1.51. The van der Waals surface area contributed by atoms with Crippen LogP contribution in [-0.4, -0.2) is 31.0 Å². The molecular formula is C12H15NO2. The number of fused-ring (bicyclic) bond motifs is 1. The maximum Gasteiger partial charge on any atom is 0.253 e. The summed E-state index contributed by atoms with van der Waals surface area (Å²) in [6, 6.07) is 5.66. The minimum atomic E-state index is 0.0761. The van der Waals surface area contributed by atoms with Gasteiger partial charge in [0, 0.05) is 25.6 Å². The molecule has 0 bridgehead atoms. The zero-order valence-electron chi connectivity index (χ0n) is 9.12. The van der Waals surface area contributed by atoms with Crippen LogP contribution in [0.1, 0.15) is 22.8 Å². The smallest absolute Gasteiger partial charge is 0.253 e. The molecular weight excluding hydrogens is 190 g/mol. The Balaban J connectivity index is 2.26. The number of benzene rings is 1. The average molecular weight is 205 g/mol. The Kier molecular flexibility index (Phi) is 2.62. The Bertz CT molecular complexity index is 387. The molecule has 15 heavy (non-hydrogen) atoms. The van der Waals surface area contributed by atoms with Crippen molar-refractivity contribution in [1.29, 1.82) is 0 Å². The fraction of sp³-hybridized carbons (Fsp3) is 0.417. The van der Waals surface area contributed by atoms with E-state index in [0.717, 1.165) is 36.4 Å². The summed E-state index contributed by atoms with van der Waals surface area (Å²) in [5.74, 6) is 0.998. The Labute approximate surface area is 89.7 Å². The molecule has 1 aliphatic heterocycles. The topological polar surface area (TPSA) is 29.5 Å². The van der Waals surface area contributed by atoms with Crippen molar-refractivity contribution in [2.45, 2.75) is 13.3 Å². The Morgan fingerprint density at radius 3 is 3.07 bits per heavy atom. The molecule has 1 aromatic rings. The number of ether oxygens (including phenoxy) is 1. The molecule has 0 saturated carbocycles. The highest BCUT2D eigenvalue weighted by Gasteiger charge is 2.16. The Morgan fingerprint density at radius 1 is 1.53 bits per heavy atom. The van der Waals surface area contributed by atoms with Gasteiger partial charge < -0.3 is 9.64 Å². The van der Waals surface area contributed by atoms with Gasteiger partial charge in [0.2, 0.25) is 0 Å². The van der Waals surface area contributed by atoms with E-state index in [-0.39, 0.29) is 5.91 Å². The molecule has 0 fully saturated rings. The number of nitrogens with zero attached hydrogens (tertiary/aromatic N) is 1. The minimum absolute atomic E-state index is 0.0761. The molecule has 3 heteroatoms. The molecule has 0 atom stereocenters. The van der Waals surface area contributed by atoms with Crippen molar-refractivity contribution in [3.63, 3.8) is 0 Å². The second-order valence-corrected chi connectivity index (χ2v) is 3.74. The fourth-order valence-corrected chi connectivity index (χ4v) is 1.68. The van der Waals surface area contributed by atoms with Crippen LogP contribution >= 0.6 is 0 Å². The number of rotatable bonds is 2. The van der Waals surface area contributed by atoms with Gasteiger partial charge in [0.05, 0.1) is 6.61 Å². The van der Waals surface area contributed by atoms with E-state index in [2.05, 4.69) is 0 Å². The zero-order valence-corrected chi connectivity index (χ0v) is 9.12. The van der Waals surface area contributed by atoms with Gasteiger partial charge in [-0.1, -0.05) is 0 Å². The van der Waals surface area contributed by atoms with E-state index in [1.807, 2.05) is 32.2 Å². The third kappa shape index (κ3) is 1.82. The summed E-state index contributed by atoms with van der Waals surface area (Å²) >= 11 is 0. The second kappa shape index (κ2) is 3.93. The summed E-state index contributed by atoms with van der Waals surface area (Å²) in [5.41, 5.74) is 1.90. The highest BCUT2D eigenvalue weighted by molar-refractivity contribution is 5.94. The number of carbonyl (C=O) groups excluding carboxylic acids is 1. The average Bonchev–Trinajstić information content (AvgIpc) is 2.73. The molecule has 1 aromatic carbocycles. The van der Waals surface area contributed by atoms with Crippen molar-refractivity contribution >= 4 is 5.91 Å². The van der Waals surface area contributed by atoms with Crippen molar-refractivity contribution in [1.82, 2.24) is 4.90 Å². The molecule has 1 heterocycles. The molecule has 0 aliphatic carbocycles. The van der Waals surface area contributed by atoms with E-state index in [9.17, 15) is 4.79 Å². The molecule has 0 unspecified atom stereocenters. The molecule has 2 rings (SSSR count).